The summed E-state index contributed by atoms with van der Waals surface area (Å²) in [6.45, 7) is 0.0862. The van der Waals surface area contributed by atoms with Crippen LogP contribution in [0.25, 0.3) is 0 Å². The van der Waals surface area contributed by atoms with E-state index in [1.54, 1.807) is 0 Å². The molecular formula is C12H13F3N2O2. The van der Waals surface area contributed by atoms with Crippen LogP contribution < -0.4 is 0 Å². The predicted octanol–water partition coefficient (Wildman–Crippen LogP) is 2.46. The highest BCUT2D eigenvalue weighted by molar-refractivity contribution is 5.38. The largest absolute Gasteiger partial charge is 0.463 e. The van der Waals surface area contributed by atoms with Gasteiger partial charge in [-0.05, 0) is 24.8 Å². The van der Waals surface area contributed by atoms with Crippen LogP contribution in [0.4, 0.5) is 13.2 Å². The highest BCUT2D eigenvalue weighted by Crippen LogP contribution is 2.44. The molecule has 2 unspecified atom stereocenters. The van der Waals surface area contributed by atoms with Crippen molar-refractivity contribution in [3.63, 3.8) is 0 Å². The van der Waals surface area contributed by atoms with Crippen LogP contribution in [0.2, 0.25) is 0 Å². The number of hydrogen-bond donors (Lipinski definition) is 0. The van der Waals surface area contributed by atoms with Crippen molar-refractivity contribution in [2.24, 2.45) is 5.92 Å². The van der Waals surface area contributed by atoms with Crippen molar-refractivity contribution >= 4 is 6.47 Å². The number of carbonyl (C=O) groups excluding carboxylic acids is 1. The van der Waals surface area contributed by atoms with Crippen molar-refractivity contribution in [1.29, 1.82) is 0 Å². The van der Waals surface area contributed by atoms with E-state index in [1.165, 1.54) is 12.3 Å². The molecule has 0 aliphatic heterocycles. The second-order valence-corrected chi connectivity index (χ2v) is 4.54. The fourth-order valence-electron chi connectivity index (χ4n) is 2.30. The number of rotatable bonds is 5. The molecule has 0 spiro atoms. The minimum absolute atomic E-state index is 0.0862. The molecule has 0 N–H and O–H groups in total. The number of hydrogen-bond acceptors (Lipinski definition) is 4. The highest BCUT2D eigenvalue weighted by atomic mass is 19.4. The maximum atomic E-state index is 13.2. The molecule has 1 heterocycles. The summed E-state index contributed by atoms with van der Waals surface area (Å²) in [5, 5.41) is 0. The Morgan fingerprint density at radius 2 is 2.16 bits per heavy atom. The Hall–Kier alpha value is -1.66. The smallest absolute Gasteiger partial charge is 0.400 e. The molecule has 0 bridgehead atoms. The van der Waals surface area contributed by atoms with Gasteiger partial charge < -0.3 is 4.74 Å². The molecule has 1 aliphatic carbocycles. The summed E-state index contributed by atoms with van der Waals surface area (Å²) in [7, 11) is 0. The summed E-state index contributed by atoms with van der Waals surface area (Å²) in [6.07, 6.45) is -1.28. The molecule has 0 amide bonds. The zero-order valence-electron chi connectivity index (χ0n) is 10.0. The van der Waals surface area contributed by atoms with Crippen molar-refractivity contribution in [1.82, 2.24) is 9.97 Å². The minimum Gasteiger partial charge on any atom is -0.463 e. The number of alkyl halides is 3. The van der Waals surface area contributed by atoms with Crippen LogP contribution >= 0.6 is 0 Å². The van der Waals surface area contributed by atoms with Gasteiger partial charge in [0.1, 0.15) is 18.3 Å². The number of halogens is 3. The predicted molar refractivity (Wildman–Crippen MR) is 59.1 cm³/mol. The van der Waals surface area contributed by atoms with E-state index in [1.807, 2.05) is 0 Å². The van der Waals surface area contributed by atoms with E-state index >= 15 is 0 Å². The Balaban J connectivity index is 2.32. The molecule has 0 aromatic carbocycles. The third kappa shape index (κ3) is 3.02. The average Bonchev–Trinajstić information content (AvgIpc) is 2.26. The lowest BCUT2D eigenvalue weighted by Crippen LogP contribution is -2.41. The van der Waals surface area contributed by atoms with Gasteiger partial charge in [-0.25, -0.2) is 9.97 Å². The third-order valence-corrected chi connectivity index (χ3v) is 3.43. The number of aromatic nitrogens is 2. The van der Waals surface area contributed by atoms with E-state index in [-0.39, 0.29) is 18.1 Å². The van der Waals surface area contributed by atoms with E-state index in [4.69, 9.17) is 4.74 Å². The van der Waals surface area contributed by atoms with Crippen molar-refractivity contribution in [2.45, 2.75) is 37.5 Å². The molecule has 1 aromatic rings. The highest BCUT2D eigenvalue weighted by Gasteiger charge is 2.51. The lowest BCUT2D eigenvalue weighted by molar-refractivity contribution is -0.191. The molecule has 19 heavy (non-hydrogen) atoms. The monoisotopic (exact) mass is 274 g/mol. The van der Waals surface area contributed by atoms with E-state index in [0.29, 0.717) is 12.8 Å². The number of ether oxygens (including phenoxy) is 1. The molecule has 1 fully saturated rings. The number of nitrogens with zero attached hydrogens (tertiary/aromatic N) is 2. The Morgan fingerprint density at radius 1 is 1.42 bits per heavy atom. The summed E-state index contributed by atoms with van der Waals surface area (Å²) in [6, 6.07) is 1.21. The van der Waals surface area contributed by atoms with Gasteiger partial charge in [0, 0.05) is 6.20 Å². The fraction of sp³-hybridized carbons (Fsp3) is 0.583. The van der Waals surface area contributed by atoms with Gasteiger partial charge in [0.15, 0.2) is 0 Å². The maximum Gasteiger partial charge on any atom is 0.400 e. The Labute approximate surface area is 108 Å². The van der Waals surface area contributed by atoms with Crippen molar-refractivity contribution in [3.8, 4) is 0 Å². The maximum absolute atomic E-state index is 13.2. The zero-order valence-corrected chi connectivity index (χ0v) is 10.0. The Bertz CT molecular complexity index is 421. The summed E-state index contributed by atoms with van der Waals surface area (Å²) >= 11 is 0. The molecule has 104 valence electrons. The average molecular weight is 274 g/mol. The molecule has 1 aromatic heterocycles. The van der Waals surface area contributed by atoms with Crippen LogP contribution in [0.5, 0.6) is 0 Å². The molecule has 2 rings (SSSR count). The van der Waals surface area contributed by atoms with Gasteiger partial charge in [-0.3, -0.25) is 4.79 Å². The summed E-state index contributed by atoms with van der Waals surface area (Å²) in [5.74, 6) is -2.15. The normalized spacial score (nSPS) is 19.3. The second-order valence-electron chi connectivity index (χ2n) is 4.54. The summed E-state index contributed by atoms with van der Waals surface area (Å²) in [4.78, 5) is 17.8. The summed E-state index contributed by atoms with van der Waals surface area (Å²) < 4.78 is 44.5. The Kier molecular flexibility index (Phi) is 4.01. The van der Waals surface area contributed by atoms with E-state index < -0.39 is 18.2 Å². The molecule has 4 nitrogen and oxygen atoms in total. The van der Waals surface area contributed by atoms with Crippen molar-refractivity contribution < 1.29 is 22.7 Å². The first-order chi connectivity index (χ1) is 9.04. The van der Waals surface area contributed by atoms with E-state index in [2.05, 4.69) is 9.97 Å². The van der Waals surface area contributed by atoms with Crippen LogP contribution in [0.3, 0.4) is 0 Å². The third-order valence-electron chi connectivity index (χ3n) is 3.43. The lowest BCUT2D eigenvalue weighted by atomic mass is 9.75. The fourth-order valence-corrected chi connectivity index (χ4v) is 2.30. The molecule has 1 saturated carbocycles. The van der Waals surface area contributed by atoms with Gasteiger partial charge in [-0.15, -0.1) is 0 Å². The topological polar surface area (TPSA) is 52.1 Å². The molecule has 7 heteroatoms. The van der Waals surface area contributed by atoms with Crippen LogP contribution in [0.15, 0.2) is 18.6 Å². The van der Waals surface area contributed by atoms with Crippen LogP contribution in [0.1, 0.15) is 30.9 Å². The molecule has 0 saturated heterocycles. The van der Waals surface area contributed by atoms with E-state index in [0.717, 1.165) is 12.7 Å². The van der Waals surface area contributed by atoms with Crippen LogP contribution in [0, 0.1) is 5.92 Å². The van der Waals surface area contributed by atoms with E-state index in [9.17, 15) is 18.0 Å². The van der Waals surface area contributed by atoms with Crippen molar-refractivity contribution in [2.75, 3.05) is 0 Å². The Morgan fingerprint density at radius 3 is 2.58 bits per heavy atom. The van der Waals surface area contributed by atoms with Crippen LogP contribution in [-0.2, 0) is 9.53 Å². The van der Waals surface area contributed by atoms with Crippen molar-refractivity contribution in [3.05, 3.63) is 24.3 Å². The first-order valence-electron chi connectivity index (χ1n) is 5.95. The number of carbonyl (C=O) groups is 1. The lowest BCUT2D eigenvalue weighted by Gasteiger charge is -2.37. The van der Waals surface area contributed by atoms with Gasteiger partial charge in [-0.2, -0.15) is 13.2 Å². The molecule has 0 radical (unpaired) electrons. The van der Waals surface area contributed by atoms with Gasteiger partial charge in [0.25, 0.3) is 6.47 Å². The SMILES string of the molecule is O=COC(C1CCC1)C(c1ccncn1)C(F)(F)F. The first-order valence-corrected chi connectivity index (χ1v) is 5.95. The van der Waals surface area contributed by atoms with Gasteiger partial charge in [0.2, 0.25) is 0 Å². The van der Waals surface area contributed by atoms with Gasteiger partial charge in [0.05, 0.1) is 5.69 Å². The van der Waals surface area contributed by atoms with Crippen LogP contribution in [-0.4, -0.2) is 28.7 Å². The zero-order chi connectivity index (χ0) is 13.9. The minimum atomic E-state index is -4.52. The second kappa shape index (κ2) is 5.54. The first kappa shape index (κ1) is 13.8. The van der Waals surface area contributed by atoms with Gasteiger partial charge in [-0.1, -0.05) is 6.42 Å². The van der Waals surface area contributed by atoms with Gasteiger partial charge >= 0.3 is 6.18 Å². The summed E-state index contributed by atoms with van der Waals surface area (Å²) in [5.41, 5.74) is -0.166. The molecule has 2 atom stereocenters. The molecular weight excluding hydrogens is 261 g/mol. The standard InChI is InChI=1S/C12H13F3N2O2/c13-12(14,15)10(9-4-5-16-6-17-9)11(19-7-18)8-2-1-3-8/h4-8,10-11H,1-3H2. The quantitative estimate of drug-likeness (QED) is 0.774. The molecule has 1 aliphatic rings.